The molecule has 0 aliphatic carbocycles. The van der Waals surface area contributed by atoms with E-state index in [4.69, 9.17) is 4.74 Å². The molecule has 0 fully saturated rings. The summed E-state index contributed by atoms with van der Waals surface area (Å²) in [5.74, 6) is -2.04. The Morgan fingerprint density at radius 1 is 0.903 bits per heavy atom. The van der Waals surface area contributed by atoms with E-state index in [9.17, 15) is 24.0 Å². The van der Waals surface area contributed by atoms with E-state index in [2.05, 4.69) is 10.6 Å². The number of nitrogens with zero attached hydrogens (tertiary/aromatic N) is 1. The normalized spacial score (nSPS) is 12.7. The number of amides is 4. The fourth-order valence-corrected chi connectivity index (χ4v) is 3.60. The Labute approximate surface area is 178 Å². The molecule has 1 aliphatic rings. The maximum atomic E-state index is 13.1. The van der Waals surface area contributed by atoms with Crippen molar-refractivity contribution in [3.63, 3.8) is 0 Å². The summed E-state index contributed by atoms with van der Waals surface area (Å²) in [4.78, 5) is 62.0. The van der Waals surface area contributed by atoms with Crippen LogP contribution in [0.5, 0.6) is 0 Å². The van der Waals surface area contributed by atoms with Crippen molar-refractivity contribution in [1.29, 1.82) is 0 Å². The number of hydrogen-bond donors (Lipinski definition) is 2. The maximum absolute atomic E-state index is 13.1. The Balaban J connectivity index is 2.04. The van der Waals surface area contributed by atoms with E-state index in [1.54, 1.807) is 19.1 Å². The number of nitrogens with one attached hydrogen (secondary N) is 2. The van der Waals surface area contributed by atoms with Gasteiger partial charge in [0.05, 0.1) is 17.7 Å². The van der Waals surface area contributed by atoms with Crippen molar-refractivity contribution in [3.8, 4) is 0 Å². The molecule has 162 valence electrons. The molecule has 0 radical (unpaired) electrons. The first-order valence-electron chi connectivity index (χ1n) is 9.90. The fraction of sp³-hybridized carbons (Fsp3) is 0.318. The Morgan fingerprint density at radius 3 is 1.87 bits per heavy atom. The third-order valence-electron chi connectivity index (χ3n) is 4.71. The van der Waals surface area contributed by atoms with Crippen LogP contribution in [0.15, 0.2) is 24.3 Å². The van der Waals surface area contributed by atoms with Crippen molar-refractivity contribution in [2.75, 3.05) is 23.8 Å². The van der Waals surface area contributed by atoms with Gasteiger partial charge in [-0.2, -0.15) is 0 Å². The molecule has 9 heteroatoms. The lowest BCUT2D eigenvalue weighted by molar-refractivity contribution is -0.143. The number of hydrogen-bond acceptors (Lipinski definition) is 6. The lowest BCUT2D eigenvalue weighted by Crippen LogP contribution is -2.41. The average molecular weight is 425 g/mol. The third kappa shape index (κ3) is 4.71. The van der Waals surface area contributed by atoms with Crippen LogP contribution in [0.3, 0.4) is 0 Å². The molecule has 31 heavy (non-hydrogen) atoms. The van der Waals surface area contributed by atoms with Gasteiger partial charge in [0.1, 0.15) is 0 Å². The molecule has 0 spiro atoms. The molecule has 3 rings (SSSR count). The number of carbonyl (C=O) groups is 5. The zero-order chi connectivity index (χ0) is 22.7. The van der Waals surface area contributed by atoms with Gasteiger partial charge in [0.2, 0.25) is 11.8 Å². The number of benzene rings is 2. The fourth-order valence-electron chi connectivity index (χ4n) is 3.60. The molecular weight excluding hydrogens is 402 g/mol. The minimum Gasteiger partial charge on any atom is -0.466 e. The lowest BCUT2D eigenvalue weighted by atomic mass is 9.92. The molecule has 0 unspecified atom stereocenters. The van der Waals surface area contributed by atoms with Gasteiger partial charge in [-0.1, -0.05) is 0 Å². The highest BCUT2D eigenvalue weighted by atomic mass is 16.5. The van der Waals surface area contributed by atoms with Crippen LogP contribution in [0, 0.1) is 0 Å². The van der Waals surface area contributed by atoms with Gasteiger partial charge in [0, 0.05) is 43.6 Å². The first kappa shape index (κ1) is 21.9. The van der Waals surface area contributed by atoms with Crippen LogP contribution in [0.25, 0.3) is 10.8 Å². The molecule has 2 N–H and O–H groups in total. The van der Waals surface area contributed by atoms with Crippen LogP contribution >= 0.6 is 0 Å². The molecule has 2 aromatic carbocycles. The number of imide groups is 1. The highest BCUT2D eigenvalue weighted by Gasteiger charge is 2.33. The monoisotopic (exact) mass is 425 g/mol. The Hall–Kier alpha value is -3.75. The van der Waals surface area contributed by atoms with Gasteiger partial charge in [-0.05, 0) is 43.0 Å². The van der Waals surface area contributed by atoms with Crippen LogP contribution in [0.4, 0.5) is 11.4 Å². The molecule has 0 saturated carbocycles. The van der Waals surface area contributed by atoms with E-state index in [0.29, 0.717) is 22.1 Å². The first-order valence-corrected chi connectivity index (χ1v) is 9.90. The predicted octanol–water partition coefficient (Wildman–Crippen LogP) is 2.70. The second-order valence-electron chi connectivity index (χ2n) is 7.18. The molecule has 2 aromatic rings. The maximum Gasteiger partial charge on any atom is 0.305 e. The number of esters is 1. The van der Waals surface area contributed by atoms with Gasteiger partial charge < -0.3 is 15.4 Å². The number of carbonyl (C=O) groups excluding carboxylic acids is 5. The van der Waals surface area contributed by atoms with Gasteiger partial charge in [0.25, 0.3) is 11.8 Å². The highest BCUT2D eigenvalue weighted by Crippen LogP contribution is 2.35. The molecular formula is C22H23N3O6. The van der Waals surface area contributed by atoms with Crippen LogP contribution < -0.4 is 10.6 Å². The quantitative estimate of drug-likeness (QED) is 0.520. The van der Waals surface area contributed by atoms with E-state index < -0.39 is 17.8 Å². The molecule has 9 nitrogen and oxygen atoms in total. The van der Waals surface area contributed by atoms with Crippen molar-refractivity contribution in [3.05, 3.63) is 35.4 Å². The van der Waals surface area contributed by atoms with Gasteiger partial charge in [-0.15, -0.1) is 0 Å². The summed E-state index contributed by atoms with van der Waals surface area (Å²) in [5.41, 5.74) is 1.33. The van der Waals surface area contributed by atoms with Crippen LogP contribution in [0.2, 0.25) is 0 Å². The highest BCUT2D eigenvalue weighted by molar-refractivity contribution is 6.26. The van der Waals surface area contributed by atoms with E-state index in [1.807, 2.05) is 0 Å². The van der Waals surface area contributed by atoms with Crippen molar-refractivity contribution in [2.45, 2.75) is 33.6 Å². The smallest absolute Gasteiger partial charge is 0.305 e. The summed E-state index contributed by atoms with van der Waals surface area (Å²) in [6.45, 7) is 4.69. The van der Waals surface area contributed by atoms with Crippen LogP contribution in [-0.4, -0.2) is 47.6 Å². The molecule has 1 aliphatic heterocycles. The number of rotatable bonds is 7. The summed E-state index contributed by atoms with van der Waals surface area (Å²) in [6.07, 6.45) is 0.330. The summed E-state index contributed by atoms with van der Waals surface area (Å²) in [6, 6.07) is 6.34. The Morgan fingerprint density at radius 2 is 1.42 bits per heavy atom. The summed E-state index contributed by atoms with van der Waals surface area (Å²) < 4.78 is 4.89. The van der Waals surface area contributed by atoms with Gasteiger partial charge in [-0.25, -0.2) is 0 Å². The van der Waals surface area contributed by atoms with E-state index >= 15 is 0 Å². The third-order valence-corrected chi connectivity index (χ3v) is 4.71. The Kier molecular flexibility index (Phi) is 6.33. The summed E-state index contributed by atoms with van der Waals surface area (Å²) in [5, 5.41) is 6.30. The van der Waals surface area contributed by atoms with Crippen molar-refractivity contribution >= 4 is 51.7 Å². The second-order valence-corrected chi connectivity index (χ2v) is 7.18. The first-order chi connectivity index (χ1) is 14.7. The molecule has 0 aromatic heterocycles. The van der Waals surface area contributed by atoms with E-state index in [-0.39, 0.29) is 48.9 Å². The number of ether oxygens (including phenoxy) is 1. The van der Waals surface area contributed by atoms with Crippen molar-refractivity contribution < 1.29 is 28.7 Å². The summed E-state index contributed by atoms with van der Waals surface area (Å²) >= 11 is 0. The largest absolute Gasteiger partial charge is 0.466 e. The van der Waals surface area contributed by atoms with Crippen LogP contribution in [0.1, 0.15) is 54.3 Å². The zero-order valence-corrected chi connectivity index (χ0v) is 17.5. The zero-order valence-electron chi connectivity index (χ0n) is 17.5. The van der Waals surface area contributed by atoms with Crippen LogP contribution in [-0.2, 0) is 19.1 Å². The van der Waals surface area contributed by atoms with Crippen molar-refractivity contribution in [1.82, 2.24) is 4.90 Å². The second kappa shape index (κ2) is 8.95. The van der Waals surface area contributed by atoms with Gasteiger partial charge in [-0.3, -0.25) is 28.9 Å². The molecule has 0 saturated heterocycles. The topological polar surface area (TPSA) is 122 Å². The molecule has 4 amide bonds. The molecule has 0 atom stereocenters. The van der Waals surface area contributed by atoms with E-state index in [1.165, 1.54) is 26.0 Å². The Bertz CT molecular complexity index is 1040. The van der Waals surface area contributed by atoms with Gasteiger partial charge >= 0.3 is 5.97 Å². The van der Waals surface area contributed by atoms with E-state index in [0.717, 1.165) is 4.90 Å². The average Bonchev–Trinajstić information content (AvgIpc) is 2.67. The number of anilines is 2. The lowest BCUT2D eigenvalue weighted by Gasteiger charge is -2.28. The minimum absolute atomic E-state index is 0.0339. The van der Waals surface area contributed by atoms with Gasteiger partial charge in [0.15, 0.2) is 0 Å². The standard InChI is InChI=1S/C22H23N3O6/c1-4-31-19(28)6-5-7-25-21(29)17-10-15(23-12(2)26)8-14-9-16(24-13(3)27)11-18(20(14)17)22(25)30/h8-11H,4-7H2,1-3H3,(H,23,26)(H,24,27). The predicted molar refractivity (Wildman–Crippen MR) is 114 cm³/mol. The molecule has 1 heterocycles. The molecule has 0 bridgehead atoms. The SMILES string of the molecule is CCOC(=O)CCCN1C(=O)c2cc(NC(C)=O)cc3cc(NC(C)=O)cc(c23)C1=O. The van der Waals surface area contributed by atoms with Crippen molar-refractivity contribution in [2.24, 2.45) is 0 Å². The summed E-state index contributed by atoms with van der Waals surface area (Å²) in [7, 11) is 0. The minimum atomic E-state index is -0.508.